The van der Waals surface area contributed by atoms with E-state index in [9.17, 15) is 4.39 Å². The SMILES string of the molecule is COc1ccc2cc([C@@H](N)CF)ccc2c1. The van der Waals surface area contributed by atoms with Gasteiger partial charge in [-0.1, -0.05) is 18.2 Å². The lowest BCUT2D eigenvalue weighted by Crippen LogP contribution is -2.11. The molecule has 0 aromatic heterocycles. The van der Waals surface area contributed by atoms with Gasteiger partial charge in [-0.05, 0) is 34.5 Å². The molecule has 0 saturated carbocycles. The van der Waals surface area contributed by atoms with Crippen LogP contribution in [0.4, 0.5) is 4.39 Å². The number of nitrogens with two attached hydrogens (primary N) is 1. The van der Waals surface area contributed by atoms with Crippen molar-refractivity contribution in [1.82, 2.24) is 0 Å². The van der Waals surface area contributed by atoms with Gasteiger partial charge in [-0.3, -0.25) is 0 Å². The summed E-state index contributed by atoms with van der Waals surface area (Å²) in [4.78, 5) is 0. The quantitative estimate of drug-likeness (QED) is 0.861. The maximum atomic E-state index is 12.4. The Morgan fingerprint density at radius 2 is 1.88 bits per heavy atom. The van der Waals surface area contributed by atoms with E-state index in [-0.39, 0.29) is 0 Å². The minimum Gasteiger partial charge on any atom is -0.497 e. The van der Waals surface area contributed by atoms with Gasteiger partial charge in [0.05, 0.1) is 13.2 Å². The molecule has 0 radical (unpaired) electrons. The van der Waals surface area contributed by atoms with Crippen LogP contribution in [-0.2, 0) is 0 Å². The van der Waals surface area contributed by atoms with Crippen molar-refractivity contribution in [2.75, 3.05) is 13.8 Å². The fourth-order valence-corrected chi connectivity index (χ4v) is 1.69. The first kappa shape index (κ1) is 10.9. The molecule has 3 heteroatoms. The molecule has 0 fully saturated rings. The molecule has 0 spiro atoms. The highest BCUT2D eigenvalue weighted by atomic mass is 19.1. The van der Waals surface area contributed by atoms with Gasteiger partial charge in [0, 0.05) is 0 Å². The van der Waals surface area contributed by atoms with Crippen molar-refractivity contribution in [1.29, 1.82) is 0 Å². The van der Waals surface area contributed by atoms with Gasteiger partial charge < -0.3 is 10.5 Å². The second-order valence-electron chi connectivity index (χ2n) is 3.73. The van der Waals surface area contributed by atoms with E-state index < -0.39 is 12.7 Å². The summed E-state index contributed by atoms with van der Waals surface area (Å²) in [6, 6.07) is 10.9. The van der Waals surface area contributed by atoms with Crippen molar-refractivity contribution < 1.29 is 9.13 Å². The van der Waals surface area contributed by atoms with Gasteiger partial charge in [0.1, 0.15) is 12.4 Å². The maximum absolute atomic E-state index is 12.4. The van der Waals surface area contributed by atoms with Crippen LogP contribution in [0.3, 0.4) is 0 Å². The van der Waals surface area contributed by atoms with Crippen molar-refractivity contribution in [2.24, 2.45) is 5.73 Å². The predicted octanol–water partition coefficient (Wildman–Crippen LogP) is 2.82. The van der Waals surface area contributed by atoms with E-state index in [0.29, 0.717) is 0 Å². The summed E-state index contributed by atoms with van der Waals surface area (Å²) in [5.74, 6) is 0.815. The zero-order valence-electron chi connectivity index (χ0n) is 9.11. The zero-order chi connectivity index (χ0) is 11.5. The molecular weight excluding hydrogens is 205 g/mol. The summed E-state index contributed by atoms with van der Waals surface area (Å²) in [6.07, 6.45) is 0. The van der Waals surface area contributed by atoms with Crippen molar-refractivity contribution in [3.8, 4) is 5.75 Å². The van der Waals surface area contributed by atoms with Crippen LogP contribution in [-0.4, -0.2) is 13.8 Å². The van der Waals surface area contributed by atoms with Crippen LogP contribution in [0.2, 0.25) is 0 Å². The topological polar surface area (TPSA) is 35.2 Å². The highest BCUT2D eigenvalue weighted by Crippen LogP contribution is 2.23. The molecule has 0 aliphatic carbocycles. The smallest absolute Gasteiger partial charge is 0.119 e. The Labute approximate surface area is 93.8 Å². The van der Waals surface area contributed by atoms with Gasteiger partial charge in [-0.15, -0.1) is 0 Å². The molecule has 0 bridgehead atoms. The van der Waals surface area contributed by atoms with Crippen LogP contribution in [0.5, 0.6) is 5.75 Å². The summed E-state index contributed by atoms with van der Waals surface area (Å²) < 4.78 is 17.6. The molecule has 0 amide bonds. The first-order valence-corrected chi connectivity index (χ1v) is 5.14. The number of benzene rings is 2. The standard InChI is InChI=1S/C13H14FNO/c1-16-12-5-4-9-6-11(13(15)8-14)3-2-10(9)7-12/h2-7,13H,8,15H2,1H3/t13-/m0/s1. The van der Waals surface area contributed by atoms with Crippen molar-refractivity contribution in [2.45, 2.75) is 6.04 Å². The van der Waals surface area contributed by atoms with Crippen LogP contribution in [0, 0.1) is 0 Å². The molecule has 84 valence electrons. The molecular formula is C13H14FNO. The van der Waals surface area contributed by atoms with Crippen LogP contribution < -0.4 is 10.5 Å². The lowest BCUT2D eigenvalue weighted by Gasteiger charge is -2.09. The largest absolute Gasteiger partial charge is 0.497 e. The van der Waals surface area contributed by atoms with Gasteiger partial charge in [0.25, 0.3) is 0 Å². The second-order valence-corrected chi connectivity index (χ2v) is 3.73. The van der Waals surface area contributed by atoms with E-state index in [1.807, 2.05) is 36.4 Å². The van der Waals surface area contributed by atoms with E-state index in [1.54, 1.807) is 7.11 Å². The Balaban J connectivity index is 2.47. The van der Waals surface area contributed by atoms with Gasteiger partial charge in [-0.25, -0.2) is 4.39 Å². The molecule has 0 unspecified atom stereocenters. The fraction of sp³-hybridized carbons (Fsp3) is 0.231. The van der Waals surface area contributed by atoms with Crippen molar-refractivity contribution >= 4 is 10.8 Å². The van der Waals surface area contributed by atoms with E-state index >= 15 is 0 Å². The number of ether oxygens (including phenoxy) is 1. The van der Waals surface area contributed by atoms with Crippen LogP contribution in [0.15, 0.2) is 36.4 Å². The number of alkyl halides is 1. The Hall–Kier alpha value is -1.61. The van der Waals surface area contributed by atoms with E-state index in [2.05, 4.69) is 0 Å². The monoisotopic (exact) mass is 219 g/mol. The third kappa shape index (κ3) is 1.99. The summed E-state index contributed by atoms with van der Waals surface area (Å²) in [7, 11) is 1.63. The summed E-state index contributed by atoms with van der Waals surface area (Å²) in [6.45, 7) is -0.540. The van der Waals surface area contributed by atoms with Gasteiger partial charge >= 0.3 is 0 Å². The molecule has 2 rings (SSSR count). The fourth-order valence-electron chi connectivity index (χ4n) is 1.69. The highest BCUT2D eigenvalue weighted by molar-refractivity contribution is 5.84. The molecule has 0 aliphatic heterocycles. The van der Waals surface area contributed by atoms with E-state index in [4.69, 9.17) is 10.5 Å². The van der Waals surface area contributed by atoms with E-state index in [0.717, 1.165) is 22.1 Å². The molecule has 16 heavy (non-hydrogen) atoms. The van der Waals surface area contributed by atoms with Gasteiger partial charge in [-0.2, -0.15) is 0 Å². The first-order chi connectivity index (χ1) is 7.74. The zero-order valence-corrected chi connectivity index (χ0v) is 9.11. The molecule has 2 N–H and O–H groups in total. The number of hydrogen-bond acceptors (Lipinski definition) is 2. The highest BCUT2D eigenvalue weighted by Gasteiger charge is 2.06. The molecule has 2 aromatic rings. The molecule has 2 nitrogen and oxygen atoms in total. The van der Waals surface area contributed by atoms with Crippen molar-refractivity contribution in [3.05, 3.63) is 42.0 Å². The molecule has 1 atom stereocenters. The summed E-state index contributed by atoms with van der Waals surface area (Å²) in [5.41, 5.74) is 6.46. The maximum Gasteiger partial charge on any atom is 0.119 e. The van der Waals surface area contributed by atoms with E-state index in [1.165, 1.54) is 0 Å². The number of halogens is 1. The number of hydrogen-bond donors (Lipinski definition) is 1. The van der Waals surface area contributed by atoms with Crippen LogP contribution in [0.1, 0.15) is 11.6 Å². The molecule has 0 saturated heterocycles. The summed E-state index contributed by atoms with van der Waals surface area (Å²) in [5, 5.41) is 2.11. The lowest BCUT2D eigenvalue weighted by atomic mass is 10.0. The Bertz CT molecular complexity index is 498. The summed E-state index contributed by atoms with van der Waals surface area (Å²) >= 11 is 0. The molecule has 2 aromatic carbocycles. The van der Waals surface area contributed by atoms with Crippen LogP contribution >= 0.6 is 0 Å². The Morgan fingerprint density at radius 3 is 2.56 bits per heavy atom. The lowest BCUT2D eigenvalue weighted by molar-refractivity contribution is 0.415. The third-order valence-corrected chi connectivity index (χ3v) is 2.67. The number of methoxy groups -OCH3 is 1. The minimum absolute atomic E-state index is 0.536. The minimum atomic E-state index is -0.540. The Kier molecular flexibility index (Phi) is 3.06. The number of fused-ring (bicyclic) bond motifs is 1. The first-order valence-electron chi connectivity index (χ1n) is 5.14. The average molecular weight is 219 g/mol. The van der Waals surface area contributed by atoms with Gasteiger partial charge in [0.15, 0.2) is 0 Å². The normalized spacial score (nSPS) is 12.7. The van der Waals surface area contributed by atoms with Gasteiger partial charge in [0.2, 0.25) is 0 Å². The number of rotatable bonds is 3. The average Bonchev–Trinajstić information content (AvgIpc) is 2.36. The third-order valence-electron chi connectivity index (χ3n) is 2.67. The second kappa shape index (κ2) is 4.49. The molecule has 0 heterocycles. The Morgan fingerprint density at radius 1 is 1.19 bits per heavy atom. The van der Waals surface area contributed by atoms with Crippen LogP contribution in [0.25, 0.3) is 10.8 Å². The van der Waals surface area contributed by atoms with Crippen molar-refractivity contribution in [3.63, 3.8) is 0 Å². The predicted molar refractivity (Wildman–Crippen MR) is 63.4 cm³/mol. The molecule has 0 aliphatic rings.